The average Bonchev–Trinajstić information content (AvgIpc) is 2.85. The smallest absolute Gasteiger partial charge is 0.193 e. The van der Waals surface area contributed by atoms with Gasteiger partial charge in [-0.3, -0.25) is 4.99 Å². The molecule has 15 heavy (non-hydrogen) atoms. The topological polar surface area (TPSA) is 36.9 Å². The third-order valence-corrected chi connectivity index (χ3v) is 3.58. The monoisotopic (exact) mass is 211 g/mol. The number of ether oxygens (including phenoxy) is 1. The molecule has 0 radical (unpaired) electrons. The minimum atomic E-state index is 0.0615. The summed E-state index contributed by atoms with van der Waals surface area (Å²) in [4.78, 5) is 6.58. The predicted molar refractivity (Wildman–Crippen MR) is 61.1 cm³/mol. The Kier molecular flexibility index (Phi) is 3.14. The summed E-state index contributed by atoms with van der Waals surface area (Å²) in [6.45, 7) is 2.84. The van der Waals surface area contributed by atoms with Crippen molar-refractivity contribution < 1.29 is 4.74 Å². The number of methoxy groups -OCH3 is 1. The second-order valence-corrected chi connectivity index (χ2v) is 4.57. The lowest BCUT2D eigenvalue weighted by Crippen LogP contribution is -2.45. The molecular formula is C11H21N3O. The molecule has 0 saturated heterocycles. The van der Waals surface area contributed by atoms with Crippen molar-refractivity contribution in [1.82, 2.24) is 10.2 Å². The van der Waals surface area contributed by atoms with E-state index in [1.807, 2.05) is 7.11 Å². The Morgan fingerprint density at radius 2 is 2.20 bits per heavy atom. The van der Waals surface area contributed by atoms with Crippen LogP contribution in [0.15, 0.2) is 4.99 Å². The molecule has 4 heteroatoms. The Bertz CT molecular complexity index is 246. The van der Waals surface area contributed by atoms with Crippen LogP contribution in [0.3, 0.4) is 0 Å². The van der Waals surface area contributed by atoms with Gasteiger partial charge in [0.15, 0.2) is 5.96 Å². The molecule has 86 valence electrons. The first kappa shape index (κ1) is 10.7. The van der Waals surface area contributed by atoms with Crippen LogP contribution in [-0.4, -0.2) is 50.3 Å². The Morgan fingerprint density at radius 1 is 1.47 bits per heavy atom. The van der Waals surface area contributed by atoms with Gasteiger partial charge in [0, 0.05) is 27.2 Å². The number of aliphatic imine (C=N–C) groups is 1. The molecule has 0 aromatic carbocycles. The van der Waals surface area contributed by atoms with Crippen molar-refractivity contribution in [3.63, 3.8) is 0 Å². The first-order valence-corrected chi connectivity index (χ1v) is 5.80. The largest absolute Gasteiger partial charge is 0.376 e. The van der Waals surface area contributed by atoms with Gasteiger partial charge in [-0.25, -0.2) is 0 Å². The molecule has 0 spiro atoms. The Morgan fingerprint density at radius 3 is 2.73 bits per heavy atom. The minimum Gasteiger partial charge on any atom is -0.376 e. The van der Waals surface area contributed by atoms with Crippen LogP contribution in [0.25, 0.3) is 0 Å². The number of likely N-dealkylation sites (N-methyl/N-ethyl adjacent to an activating group) is 1. The van der Waals surface area contributed by atoms with Gasteiger partial charge in [-0.05, 0) is 12.8 Å². The summed E-state index contributed by atoms with van der Waals surface area (Å²) in [5.74, 6) is 1.03. The van der Waals surface area contributed by atoms with E-state index in [1.54, 1.807) is 0 Å². The second-order valence-electron chi connectivity index (χ2n) is 4.57. The Labute approximate surface area is 91.7 Å². The molecule has 1 N–H and O–H groups in total. The van der Waals surface area contributed by atoms with Gasteiger partial charge in [-0.2, -0.15) is 0 Å². The van der Waals surface area contributed by atoms with Crippen LogP contribution in [0.1, 0.15) is 25.7 Å². The van der Waals surface area contributed by atoms with Crippen molar-refractivity contribution in [3.05, 3.63) is 0 Å². The SMILES string of the molecule is COC1(CNC2=NCCN2C)CCCC1. The van der Waals surface area contributed by atoms with Crippen LogP contribution < -0.4 is 5.32 Å². The Hall–Kier alpha value is -0.770. The van der Waals surface area contributed by atoms with E-state index in [0.717, 1.165) is 25.6 Å². The number of nitrogens with one attached hydrogen (secondary N) is 1. The van der Waals surface area contributed by atoms with Crippen LogP contribution in [-0.2, 0) is 4.74 Å². The fourth-order valence-electron chi connectivity index (χ4n) is 2.44. The summed E-state index contributed by atoms with van der Waals surface area (Å²) >= 11 is 0. The molecule has 4 nitrogen and oxygen atoms in total. The van der Waals surface area contributed by atoms with Gasteiger partial charge in [-0.15, -0.1) is 0 Å². The molecule has 1 heterocycles. The molecular weight excluding hydrogens is 190 g/mol. The van der Waals surface area contributed by atoms with Crippen molar-refractivity contribution in [2.24, 2.45) is 4.99 Å². The molecule has 0 atom stereocenters. The highest BCUT2D eigenvalue weighted by atomic mass is 16.5. The van der Waals surface area contributed by atoms with Crippen molar-refractivity contribution in [1.29, 1.82) is 0 Å². The van der Waals surface area contributed by atoms with E-state index in [-0.39, 0.29) is 5.60 Å². The fraction of sp³-hybridized carbons (Fsp3) is 0.909. The van der Waals surface area contributed by atoms with Gasteiger partial charge in [0.2, 0.25) is 0 Å². The van der Waals surface area contributed by atoms with Crippen LogP contribution in [0.4, 0.5) is 0 Å². The average molecular weight is 211 g/mol. The number of guanidine groups is 1. The zero-order chi connectivity index (χ0) is 10.7. The number of nitrogens with zero attached hydrogens (tertiary/aromatic N) is 2. The van der Waals surface area contributed by atoms with Gasteiger partial charge in [-0.1, -0.05) is 12.8 Å². The third-order valence-electron chi connectivity index (χ3n) is 3.58. The minimum absolute atomic E-state index is 0.0615. The van der Waals surface area contributed by atoms with E-state index in [0.29, 0.717) is 0 Å². The van der Waals surface area contributed by atoms with Gasteiger partial charge >= 0.3 is 0 Å². The van der Waals surface area contributed by atoms with Gasteiger partial charge in [0.05, 0.1) is 12.1 Å². The Balaban J connectivity index is 1.86. The number of rotatable bonds is 3. The molecule has 1 fully saturated rings. The van der Waals surface area contributed by atoms with Gasteiger partial charge in [0.25, 0.3) is 0 Å². The molecule has 2 rings (SSSR count). The summed E-state index contributed by atoms with van der Waals surface area (Å²) in [5, 5.41) is 3.42. The third kappa shape index (κ3) is 2.25. The summed E-state index contributed by atoms with van der Waals surface area (Å²) in [7, 11) is 3.90. The van der Waals surface area contributed by atoms with Crippen LogP contribution in [0.2, 0.25) is 0 Å². The molecule has 1 aliphatic carbocycles. The fourth-order valence-corrected chi connectivity index (χ4v) is 2.44. The zero-order valence-electron chi connectivity index (χ0n) is 9.75. The summed E-state index contributed by atoms with van der Waals surface area (Å²) in [6.07, 6.45) is 4.93. The second kappa shape index (κ2) is 4.39. The van der Waals surface area contributed by atoms with Crippen molar-refractivity contribution in [2.45, 2.75) is 31.3 Å². The lowest BCUT2D eigenvalue weighted by molar-refractivity contribution is -0.000144. The highest BCUT2D eigenvalue weighted by Gasteiger charge is 2.34. The van der Waals surface area contributed by atoms with Crippen molar-refractivity contribution in [2.75, 3.05) is 33.8 Å². The molecule has 0 unspecified atom stereocenters. The molecule has 0 aromatic heterocycles. The predicted octanol–water partition coefficient (Wildman–Crippen LogP) is 0.837. The number of hydrogen-bond acceptors (Lipinski definition) is 4. The van der Waals surface area contributed by atoms with E-state index in [1.165, 1.54) is 25.7 Å². The lowest BCUT2D eigenvalue weighted by Gasteiger charge is -2.29. The summed E-state index contributed by atoms with van der Waals surface area (Å²) in [5.41, 5.74) is 0.0615. The van der Waals surface area contributed by atoms with Crippen LogP contribution in [0, 0.1) is 0 Å². The molecule has 0 aromatic rings. The summed E-state index contributed by atoms with van der Waals surface area (Å²) in [6, 6.07) is 0. The molecule has 1 saturated carbocycles. The van der Waals surface area contributed by atoms with E-state index in [2.05, 4.69) is 22.3 Å². The maximum absolute atomic E-state index is 5.66. The zero-order valence-corrected chi connectivity index (χ0v) is 9.75. The van der Waals surface area contributed by atoms with E-state index in [9.17, 15) is 0 Å². The highest BCUT2D eigenvalue weighted by molar-refractivity contribution is 5.81. The first-order valence-electron chi connectivity index (χ1n) is 5.80. The quantitative estimate of drug-likeness (QED) is 0.751. The van der Waals surface area contributed by atoms with Crippen molar-refractivity contribution >= 4 is 5.96 Å². The molecule has 0 bridgehead atoms. The van der Waals surface area contributed by atoms with E-state index >= 15 is 0 Å². The maximum atomic E-state index is 5.66. The molecule has 1 aliphatic heterocycles. The van der Waals surface area contributed by atoms with Gasteiger partial charge in [0.1, 0.15) is 0 Å². The standard InChI is InChI=1S/C11H21N3O/c1-14-8-7-12-10(14)13-9-11(15-2)5-3-4-6-11/h3-9H2,1-2H3,(H,12,13). The summed E-state index contributed by atoms with van der Waals surface area (Å²) < 4.78 is 5.66. The lowest BCUT2D eigenvalue weighted by atomic mass is 10.0. The van der Waals surface area contributed by atoms with Crippen LogP contribution in [0.5, 0.6) is 0 Å². The van der Waals surface area contributed by atoms with E-state index in [4.69, 9.17) is 4.74 Å². The maximum Gasteiger partial charge on any atom is 0.193 e. The highest BCUT2D eigenvalue weighted by Crippen LogP contribution is 2.31. The first-order chi connectivity index (χ1) is 7.26. The van der Waals surface area contributed by atoms with Gasteiger partial charge < -0.3 is 15.0 Å². The number of hydrogen-bond donors (Lipinski definition) is 1. The molecule has 0 amide bonds. The normalized spacial score (nSPS) is 24.4. The van der Waals surface area contributed by atoms with Crippen LogP contribution >= 0.6 is 0 Å². The molecule has 2 aliphatic rings. The van der Waals surface area contributed by atoms with E-state index < -0.39 is 0 Å². The van der Waals surface area contributed by atoms with Crippen molar-refractivity contribution in [3.8, 4) is 0 Å².